The summed E-state index contributed by atoms with van der Waals surface area (Å²) in [6.45, 7) is 4.44. The second kappa shape index (κ2) is 7.45. The quantitative estimate of drug-likeness (QED) is 0.744. The largest absolute Gasteiger partial charge is 0.466 e. The van der Waals surface area contributed by atoms with Crippen LogP contribution in [-0.4, -0.2) is 48.2 Å². The van der Waals surface area contributed by atoms with Crippen molar-refractivity contribution >= 4 is 16.0 Å². The number of carbonyl (C=O) groups excluding carboxylic acids is 1. The van der Waals surface area contributed by atoms with Crippen LogP contribution in [0, 0.1) is 12.8 Å². The molecule has 0 N–H and O–H groups in total. The summed E-state index contributed by atoms with van der Waals surface area (Å²) in [4.78, 5) is 12.3. The Bertz CT molecular complexity index is 722. The topological polar surface area (TPSA) is 81.5 Å². The van der Waals surface area contributed by atoms with Crippen LogP contribution in [-0.2, 0) is 19.6 Å². The zero-order valence-corrected chi connectivity index (χ0v) is 15.8. The summed E-state index contributed by atoms with van der Waals surface area (Å²) in [6.07, 6.45) is 7.45. The number of piperidine rings is 1. The molecule has 0 bridgehead atoms. The number of hydrogen-bond acceptors (Lipinski definition) is 5. The number of sulfonamides is 1. The molecule has 0 amide bonds. The molecule has 25 heavy (non-hydrogen) atoms. The van der Waals surface area contributed by atoms with Gasteiger partial charge in [0.25, 0.3) is 0 Å². The number of aryl methyl sites for hydroxylation is 1. The molecule has 2 aliphatic rings. The third-order valence-electron chi connectivity index (χ3n) is 5.19. The number of nitrogens with zero attached hydrogens (tertiary/aromatic N) is 3. The van der Waals surface area contributed by atoms with E-state index in [9.17, 15) is 13.2 Å². The van der Waals surface area contributed by atoms with Gasteiger partial charge in [-0.25, -0.2) is 8.42 Å². The molecule has 2 fully saturated rings. The molecule has 7 nitrogen and oxygen atoms in total. The van der Waals surface area contributed by atoms with Crippen LogP contribution in [0.15, 0.2) is 11.1 Å². The molecular formula is C17H27N3O4S. The van der Waals surface area contributed by atoms with Crippen LogP contribution in [0.5, 0.6) is 0 Å². The van der Waals surface area contributed by atoms with E-state index in [2.05, 4.69) is 5.10 Å². The minimum atomic E-state index is -3.64. The third kappa shape index (κ3) is 3.74. The zero-order chi connectivity index (χ0) is 18.0. The van der Waals surface area contributed by atoms with Crippen molar-refractivity contribution in [2.24, 2.45) is 5.92 Å². The number of esters is 1. The van der Waals surface area contributed by atoms with E-state index in [1.807, 2.05) is 4.68 Å². The highest BCUT2D eigenvalue weighted by molar-refractivity contribution is 7.89. The lowest BCUT2D eigenvalue weighted by Crippen LogP contribution is -2.42. The maximum absolute atomic E-state index is 13.1. The molecule has 1 saturated carbocycles. The Kier molecular flexibility index (Phi) is 5.48. The van der Waals surface area contributed by atoms with Crippen LogP contribution in [0.1, 0.15) is 57.2 Å². The van der Waals surface area contributed by atoms with Gasteiger partial charge in [-0.15, -0.1) is 0 Å². The molecule has 2 heterocycles. The summed E-state index contributed by atoms with van der Waals surface area (Å²) in [6, 6.07) is 0.302. The fraction of sp³-hybridized carbons (Fsp3) is 0.765. The van der Waals surface area contributed by atoms with Crippen molar-refractivity contribution in [3.63, 3.8) is 0 Å². The Balaban J connectivity index is 1.80. The Morgan fingerprint density at radius 2 is 2.00 bits per heavy atom. The van der Waals surface area contributed by atoms with Crippen molar-refractivity contribution in [3.05, 3.63) is 11.9 Å². The van der Waals surface area contributed by atoms with Gasteiger partial charge < -0.3 is 4.74 Å². The molecule has 0 aromatic carbocycles. The Labute approximate surface area is 149 Å². The number of aromatic nitrogens is 2. The number of rotatable bonds is 5. The summed E-state index contributed by atoms with van der Waals surface area (Å²) < 4.78 is 34.5. The van der Waals surface area contributed by atoms with Crippen LogP contribution in [0.3, 0.4) is 0 Å². The predicted octanol–water partition coefficient (Wildman–Crippen LogP) is 2.27. The van der Waals surface area contributed by atoms with Gasteiger partial charge in [-0.3, -0.25) is 9.48 Å². The van der Waals surface area contributed by atoms with Crippen molar-refractivity contribution in [1.29, 1.82) is 0 Å². The monoisotopic (exact) mass is 369 g/mol. The van der Waals surface area contributed by atoms with E-state index in [4.69, 9.17) is 4.74 Å². The molecule has 0 spiro atoms. The average Bonchev–Trinajstić information content (AvgIpc) is 3.24. The Morgan fingerprint density at radius 3 is 2.68 bits per heavy atom. The van der Waals surface area contributed by atoms with Gasteiger partial charge in [0.1, 0.15) is 4.90 Å². The molecule has 1 aliphatic heterocycles. The zero-order valence-electron chi connectivity index (χ0n) is 15.0. The maximum atomic E-state index is 13.1. The van der Waals surface area contributed by atoms with E-state index < -0.39 is 10.0 Å². The van der Waals surface area contributed by atoms with Crippen LogP contribution in [0.25, 0.3) is 0 Å². The van der Waals surface area contributed by atoms with Gasteiger partial charge in [0.2, 0.25) is 10.0 Å². The van der Waals surface area contributed by atoms with Gasteiger partial charge in [-0.1, -0.05) is 12.8 Å². The first-order valence-corrected chi connectivity index (χ1v) is 10.6. The van der Waals surface area contributed by atoms with Crippen molar-refractivity contribution in [2.45, 2.75) is 63.3 Å². The normalized spacial score (nSPS) is 23.0. The molecule has 1 aromatic heterocycles. The molecular weight excluding hydrogens is 342 g/mol. The average molecular weight is 369 g/mol. The van der Waals surface area contributed by atoms with Gasteiger partial charge in [0, 0.05) is 19.3 Å². The highest BCUT2D eigenvalue weighted by atomic mass is 32.2. The van der Waals surface area contributed by atoms with Gasteiger partial charge >= 0.3 is 5.97 Å². The van der Waals surface area contributed by atoms with Crippen LogP contribution < -0.4 is 0 Å². The third-order valence-corrected chi connectivity index (χ3v) is 7.16. The molecule has 1 aromatic rings. The van der Waals surface area contributed by atoms with Gasteiger partial charge in [-0.2, -0.15) is 9.40 Å². The highest BCUT2D eigenvalue weighted by Gasteiger charge is 2.36. The van der Waals surface area contributed by atoms with E-state index in [-0.39, 0.29) is 23.3 Å². The summed E-state index contributed by atoms with van der Waals surface area (Å²) in [5.41, 5.74) is 0.533. The van der Waals surface area contributed by atoms with Crippen molar-refractivity contribution in [2.75, 3.05) is 19.7 Å². The van der Waals surface area contributed by atoms with Gasteiger partial charge in [0.15, 0.2) is 0 Å². The number of hydrogen-bond donors (Lipinski definition) is 0. The van der Waals surface area contributed by atoms with E-state index in [1.165, 1.54) is 17.1 Å². The van der Waals surface area contributed by atoms with Crippen molar-refractivity contribution in [3.8, 4) is 0 Å². The molecule has 0 radical (unpaired) electrons. The summed E-state index contributed by atoms with van der Waals surface area (Å²) >= 11 is 0. The number of ether oxygens (including phenoxy) is 1. The minimum absolute atomic E-state index is 0.190. The first-order valence-electron chi connectivity index (χ1n) is 9.16. The molecule has 8 heteroatoms. The first kappa shape index (κ1) is 18.4. The molecule has 140 valence electrons. The predicted molar refractivity (Wildman–Crippen MR) is 92.6 cm³/mol. The lowest BCUT2D eigenvalue weighted by molar-refractivity contribution is -0.149. The molecule has 1 aliphatic carbocycles. The maximum Gasteiger partial charge on any atom is 0.310 e. The van der Waals surface area contributed by atoms with Gasteiger partial charge in [0.05, 0.1) is 24.3 Å². The summed E-state index contributed by atoms with van der Waals surface area (Å²) in [7, 11) is -3.64. The second-order valence-electron chi connectivity index (χ2n) is 6.95. The molecule has 1 atom stereocenters. The van der Waals surface area contributed by atoms with Crippen LogP contribution in [0.4, 0.5) is 0 Å². The van der Waals surface area contributed by atoms with E-state index >= 15 is 0 Å². The second-order valence-corrected chi connectivity index (χ2v) is 8.86. The van der Waals surface area contributed by atoms with Crippen molar-refractivity contribution < 1.29 is 17.9 Å². The highest BCUT2D eigenvalue weighted by Crippen LogP contribution is 2.31. The van der Waals surface area contributed by atoms with Crippen LogP contribution >= 0.6 is 0 Å². The lowest BCUT2D eigenvalue weighted by atomic mass is 10.0. The van der Waals surface area contributed by atoms with E-state index in [0.29, 0.717) is 37.7 Å². The van der Waals surface area contributed by atoms with E-state index in [0.717, 1.165) is 12.8 Å². The molecule has 1 unspecified atom stereocenters. The lowest BCUT2D eigenvalue weighted by Gasteiger charge is -2.30. The summed E-state index contributed by atoms with van der Waals surface area (Å²) in [5.74, 6) is -0.686. The molecule has 3 rings (SSSR count). The SMILES string of the molecule is CCOC(=O)C1CCCN(S(=O)(=O)c2cn(C3CCCC3)nc2C)C1. The van der Waals surface area contributed by atoms with Crippen molar-refractivity contribution in [1.82, 2.24) is 14.1 Å². The first-order chi connectivity index (χ1) is 11.9. The number of carbonyl (C=O) groups is 1. The Morgan fingerprint density at radius 1 is 1.28 bits per heavy atom. The standard InChI is InChI=1S/C17H27N3O4S/c1-3-24-17(21)14-7-6-10-19(11-14)25(22,23)16-12-20(18-13(16)2)15-8-4-5-9-15/h12,14-15H,3-11H2,1-2H3. The van der Waals surface area contributed by atoms with Crippen LogP contribution in [0.2, 0.25) is 0 Å². The fourth-order valence-electron chi connectivity index (χ4n) is 3.83. The Hall–Kier alpha value is -1.41. The molecule has 1 saturated heterocycles. The van der Waals surface area contributed by atoms with Gasteiger partial charge in [-0.05, 0) is 39.5 Å². The minimum Gasteiger partial charge on any atom is -0.466 e. The summed E-state index contributed by atoms with van der Waals surface area (Å²) in [5, 5.41) is 4.46. The smallest absolute Gasteiger partial charge is 0.310 e. The fourth-order valence-corrected chi connectivity index (χ4v) is 5.51. The van der Waals surface area contributed by atoms with E-state index in [1.54, 1.807) is 20.0 Å².